The third kappa shape index (κ3) is 4.01. The molecule has 6 heteroatoms. The van der Waals surface area contributed by atoms with Crippen molar-refractivity contribution in [2.24, 2.45) is 0 Å². The monoisotopic (exact) mass is 487 g/mol. The molecule has 0 spiro atoms. The summed E-state index contributed by atoms with van der Waals surface area (Å²) < 4.78 is 0. The van der Waals surface area contributed by atoms with Crippen LogP contribution in [-0.2, 0) is 6.42 Å². The Labute approximate surface area is 211 Å². The van der Waals surface area contributed by atoms with Crippen LogP contribution in [0.4, 0.5) is 0 Å². The van der Waals surface area contributed by atoms with Gasteiger partial charge < -0.3 is 4.98 Å². The highest BCUT2D eigenvalue weighted by Crippen LogP contribution is 2.36. The van der Waals surface area contributed by atoms with Crippen molar-refractivity contribution < 1.29 is 4.79 Å². The first kappa shape index (κ1) is 22.1. The summed E-state index contributed by atoms with van der Waals surface area (Å²) in [5.41, 5.74) is 4.87. The molecule has 1 N–H and O–H groups in total. The summed E-state index contributed by atoms with van der Waals surface area (Å²) in [6, 6.07) is 25.1. The van der Waals surface area contributed by atoms with E-state index in [0.29, 0.717) is 22.2 Å². The number of aromatic nitrogens is 3. The Kier molecular flexibility index (Phi) is 5.51. The molecule has 0 aliphatic rings. The fraction of sp³-hybridized carbons (Fsp3) is 0.0667. The quantitative estimate of drug-likeness (QED) is 0.278. The van der Waals surface area contributed by atoms with E-state index in [-0.39, 0.29) is 17.6 Å². The molecule has 0 fully saturated rings. The molecule has 2 aromatic carbocycles. The van der Waals surface area contributed by atoms with Gasteiger partial charge in [-0.25, -0.2) is 4.98 Å². The number of pyridine rings is 3. The van der Waals surface area contributed by atoms with E-state index < -0.39 is 0 Å². The Hall–Kier alpha value is -4.42. The van der Waals surface area contributed by atoms with Crippen molar-refractivity contribution in [3.05, 3.63) is 117 Å². The second kappa shape index (κ2) is 8.98. The second-order valence-corrected chi connectivity index (χ2v) is 10.00. The number of hydrogen-bond donors (Lipinski definition) is 1. The molecule has 36 heavy (non-hydrogen) atoms. The number of fused-ring (bicyclic) bond motifs is 2. The molecule has 6 aromatic rings. The maximum atomic E-state index is 13.5. The molecule has 4 aromatic heterocycles. The van der Waals surface area contributed by atoms with E-state index in [4.69, 9.17) is 4.98 Å². The third-order valence-corrected chi connectivity index (χ3v) is 7.28. The largest absolute Gasteiger partial charge is 0.346 e. The number of thiophene rings is 1. The SMILES string of the molecule is Cc1ccc(-c2nc3[nH]cc(CC(=O)c4ccccc4)c(=O)c3cc2-c2ccc3ncccc3c2)s1. The maximum Gasteiger partial charge on any atom is 0.194 e. The highest BCUT2D eigenvalue weighted by Gasteiger charge is 2.18. The molecule has 174 valence electrons. The van der Waals surface area contributed by atoms with E-state index in [1.807, 2.05) is 48.5 Å². The summed E-state index contributed by atoms with van der Waals surface area (Å²) in [5.74, 6) is -0.0960. The van der Waals surface area contributed by atoms with E-state index in [1.54, 1.807) is 35.9 Å². The normalized spacial score (nSPS) is 11.2. The Morgan fingerprint density at radius 1 is 0.972 bits per heavy atom. The molecule has 0 unspecified atom stereocenters. The van der Waals surface area contributed by atoms with E-state index in [2.05, 4.69) is 35.1 Å². The number of ketones is 1. The van der Waals surface area contributed by atoms with Crippen molar-refractivity contribution in [1.29, 1.82) is 0 Å². The molecule has 0 saturated carbocycles. The van der Waals surface area contributed by atoms with Crippen LogP contribution in [0.25, 0.3) is 43.6 Å². The number of carbonyl (C=O) groups excluding carboxylic acids is 1. The van der Waals surface area contributed by atoms with Gasteiger partial charge in [-0.1, -0.05) is 42.5 Å². The third-order valence-electron chi connectivity index (χ3n) is 6.28. The minimum Gasteiger partial charge on any atom is -0.346 e. The summed E-state index contributed by atoms with van der Waals surface area (Å²) in [6.45, 7) is 2.06. The number of nitrogens with one attached hydrogen (secondary N) is 1. The Balaban J connectivity index is 1.53. The Morgan fingerprint density at radius 2 is 1.83 bits per heavy atom. The topological polar surface area (TPSA) is 75.7 Å². The maximum absolute atomic E-state index is 13.5. The number of benzene rings is 2. The highest BCUT2D eigenvalue weighted by atomic mass is 32.1. The molecule has 0 bridgehead atoms. The minimum atomic E-state index is -0.182. The first-order chi connectivity index (χ1) is 17.6. The van der Waals surface area contributed by atoms with Gasteiger partial charge in [-0.3, -0.25) is 14.6 Å². The second-order valence-electron chi connectivity index (χ2n) is 8.71. The van der Waals surface area contributed by atoms with Gasteiger partial charge in [0.25, 0.3) is 0 Å². The first-order valence-electron chi connectivity index (χ1n) is 11.6. The van der Waals surface area contributed by atoms with Crippen LogP contribution in [0.15, 0.2) is 96.1 Å². The predicted octanol–water partition coefficient (Wildman–Crippen LogP) is 6.60. The Morgan fingerprint density at radius 3 is 2.64 bits per heavy atom. The van der Waals surface area contributed by atoms with E-state index >= 15 is 0 Å². The lowest BCUT2D eigenvalue weighted by molar-refractivity contribution is 0.0992. The first-order valence-corrected chi connectivity index (χ1v) is 12.4. The minimum absolute atomic E-state index is 0.0259. The molecule has 0 amide bonds. The summed E-state index contributed by atoms with van der Waals surface area (Å²) in [4.78, 5) is 41.0. The van der Waals surface area contributed by atoms with Crippen molar-refractivity contribution in [3.63, 3.8) is 0 Å². The molecule has 6 rings (SSSR count). The lowest BCUT2D eigenvalue weighted by atomic mass is 9.98. The van der Waals surface area contributed by atoms with E-state index in [0.717, 1.165) is 32.6 Å². The van der Waals surface area contributed by atoms with Crippen LogP contribution < -0.4 is 5.43 Å². The molecule has 0 aliphatic heterocycles. The molecule has 0 radical (unpaired) electrons. The Bertz CT molecular complexity index is 1820. The fourth-order valence-corrected chi connectivity index (χ4v) is 5.30. The number of rotatable bonds is 5. The smallest absolute Gasteiger partial charge is 0.194 e. The van der Waals surface area contributed by atoms with Crippen molar-refractivity contribution in [3.8, 4) is 21.7 Å². The zero-order valence-corrected chi connectivity index (χ0v) is 20.3. The molecule has 0 aliphatic carbocycles. The molecular weight excluding hydrogens is 466 g/mol. The van der Waals surface area contributed by atoms with Gasteiger partial charge in [0.1, 0.15) is 5.65 Å². The van der Waals surface area contributed by atoms with Gasteiger partial charge in [-0.05, 0) is 48.9 Å². The van der Waals surface area contributed by atoms with Crippen LogP contribution in [-0.4, -0.2) is 20.7 Å². The highest BCUT2D eigenvalue weighted by molar-refractivity contribution is 7.15. The number of aromatic amines is 1. The molecule has 0 atom stereocenters. The lowest BCUT2D eigenvalue weighted by Crippen LogP contribution is -2.15. The van der Waals surface area contributed by atoms with Gasteiger partial charge in [-0.15, -0.1) is 11.3 Å². The van der Waals surface area contributed by atoms with Gasteiger partial charge in [0.05, 0.1) is 21.5 Å². The summed E-state index contributed by atoms with van der Waals surface area (Å²) in [5, 5.41) is 1.48. The zero-order valence-electron chi connectivity index (χ0n) is 19.5. The van der Waals surface area contributed by atoms with Gasteiger partial charge in [0.2, 0.25) is 0 Å². The van der Waals surface area contributed by atoms with Gasteiger partial charge >= 0.3 is 0 Å². The number of carbonyl (C=O) groups is 1. The lowest BCUT2D eigenvalue weighted by Gasteiger charge is -2.11. The predicted molar refractivity (Wildman–Crippen MR) is 146 cm³/mol. The van der Waals surface area contributed by atoms with Crippen LogP contribution in [0.5, 0.6) is 0 Å². The standard InChI is InChI=1S/C30H21N3O2S/c1-18-9-12-27(36-18)28-23(20-10-11-25-21(14-20)8-5-13-31-25)16-24-29(35)22(17-32-30(24)33-28)15-26(34)19-6-3-2-4-7-19/h2-14,16-17H,15H2,1H3,(H,32,33,35). The van der Waals surface area contributed by atoms with E-state index in [1.165, 1.54) is 4.88 Å². The van der Waals surface area contributed by atoms with Gasteiger partial charge in [-0.2, -0.15) is 0 Å². The van der Waals surface area contributed by atoms with E-state index in [9.17, 15) is 9.59 Å². The average molecular weight is 488 g/mol. The zero-order chi connectivity index (χ0) is 24.6. The van der Waals surface area contributed by atoms with Crippen molar-refractivity contribution in [1.82, 2.24) is 15.0 Å². The van der Waals surface area contributed by atoms with Crippen molar-refractivity contribution in [2.75, 3.05) is 0 Å². The number of hydrogen-bond acceptors (Lipinski definition) is 5. The molecular formula is C30H21N3O2S. The summed E-state index contributed by atoms with van der Waals surface area (Å²) in [6.07, 6.45) is 3.42. The van der Waals surface area contributed by atoms with Crippen molar-refractivity contribution >= 4 is 39.1 Å². The van der Waals surface area contributed by atoms with Gasteiger partial charge in [0, 0.05) is 45.8 Å². The molecule has 0 saturated heterocycles. The van der Waals surface area contributed by atoms with Gasteiger partial charge in [0.15, 0.2) is 11.2 Å². The summed E-state index contributed by atoms with van der Waals surface area (Å²) >= 11 is 1.66. The summed E-state index contributed by atoms with van der Waals surface area (Å²) in [7, 11) is 0. The number of H-pyrrole nitrogens is 1. The number of Topliss-reactive ketones (excluding diaryl/α,β-unsaturated/α-hetero) is 1. The number of aryl methyl sites for hydroxylation is 1. The number of nitrogens with zero attached hydrogens (tertiary/aromatic N) is 2. The van der Waals surface area contributed by atoms with Crippen LogP contribution in [0.2, 0.25) is 0 Å². The average Bonchev–Trinajstić information content (AvgIpc) is 3.36. The molecule has 4 heterocycles. The van der Waals surface area contributed by atoms with Crippen LogP contribution in [0.1, 0.15) is 20.8 Å². The van der Waals surface area contributed by atoms with Crippen LogP contribution in [0, 0.1) is 6.92 Å². The fourth-order valence-electron chi connectivity index (χ4n) is 4.43. The van der Waals surface area contributed by atoms with Crippen molar-refractivity contribution in [2.45, 2.75) is 13.3 Å². The van der Waals surface area contributed by atoms with Crippen LogP contribution in [0.3, 0.4) is 0 Å². The van der Waals surface area contributed by atoms with Crippen LogP contribution >= 0.6 is 11.3 Å². The molecule has 5 nitrogen and oxygen atoms in total.